The third kappa shape index (κ3) is 3.68. The number of nitrogens with zero attached hydrogens (tertiary/aromatic N) is 1. The van der Waals surface area contributed by atoms with Crippen LogP contribution in [0.25, 0.3) is 0 Å². The summed E-state index contributed by atoms with van der Waals surface area (Å²) in [6, 6.07) is 13.1. The SMILES string of the molecule is O=C(NC(c1ccc(Cl)cc1)C1CC1)c1cccc([N+](=O)[O-])c1. The summed E-state index contributed by atoms with van der Waals surface area (Å²) in [5.74, 6) is 0.0966. The number of nitrogens with one attached hydrogen (secondary N) is 1. The first kappa shape index (κ1) is 15.5. The molecule has 6 heteroatoms. The molecule has 1 aliphatic rings. The number of nitro groups is 1. The first-order valence-corrected chi connectivity index (χ1v) is 7.73. The van der Waals surface area contributed by atoms with Gasteiger partial charge in [-0.1, -0.05) is 29.8 Å². The molecule has 1 amide bonds. The minimum atomic E-state index is -0.506. The second-order valence-electron chi connectivity index (χ2n) is 5.65. The minimum absolute atomic E-state index is 0.0906. The summed E-state index contributed by atoms with van der Waals surface area (Å²) in [5.41, 5.74) is 1.20. The van der Waals surface area contributed by atoms with Crippen LogP contribution in [0.5, 0.6) is 0 Å². The molecule has 0 heterocycles. The molecule has 2 aromatic rings. The van der Waals surface area contributed by atoms with E-state index >= 15 is 0 Å². The minimum Gasteiger partial charge on any atom is -0.345 e. The van der Waals surface area contributed by atoms with Crippen molar-refractivity contribution in [2.24, 2.45) is 5.92 Å². The Labute approximate surface area is 138 Å². The van der Waals surface area contributed by atoms with Gasteiger partial charge in [0.2, 0.25) is 0 Å². The van der Waals surface area contributed by atoms with Crippen LogP contribution in [0, 0.1) is 16.0 Å². The van der Waals surface area contributed by atoms with E-state index in [0.717, 1.165) is 18.4 Å². The Morgan fingerprint density at radius 1 is 1.22 bits per heavy atom. The zero-order valence-electron chi connectivity index (χ0n) is 12.2. The average Bonchev–Trinajstić information content (AvgIpc) is 3.38. The van der Waals surface area contributed by atoms with Gasteiger partial charge >= 0.3 is 0 Å². The first-order chi connectivity index (χ1) is 11.0. The molecule has 1 unspecified atom stereocenters. The van der Waals surface area contributed by atoms with Gasteiger partial charge in [0.15, 0.2) is 0 Å². The van der Waals surface area contributed by atoms with Crippen molar-refractivity contribution in [2.45, 2.75) is 18.9 Å². The molecular formula is C17H15ClN2O3. The number of carbonyl (C=O) groups is 1. The molecule has 0 bridgehead atoms. The Balaban J connectivity index is 1.80. The van der Waals surface area contributed by atoms with Gasteiger partial charge in [0.1, 0.15) is 0 Å². The Bertz CT molecular complexity index is 742. The number of hydrogen-bond acceptors (Lipinski definition) is 3. The van der Waals surface area contributed by atoms with E-state index in [-0.39, 0.29) is 17.6 Å². The highest BCUT2D eigenvalue weighted by Gasteiger charge is 2.33. The van der Waals surface area contributed by atoms with Crippen molar-refractivity contribution in [1.82, 2.24) is 5.32 Å². The number of hydrogen-bond donors (Lipinski definition) is 1. The molecule has 1 N–H and O–H groups in total. The quantitative estimate of drug-likeness (QED) is 0.661. The summed E-state index contributed by atoms with van der Waals surface area (Å²) >= 11 is 5.91. The standard InChI is InChI=1S/C17H15ClN2O3/c18-14-8-6-12(7-9-14)16(11-4-5-11)19-17(21)13-2-1-3-15(10-13)20(22)23/h1-3,6-11,16H,4-5H2,(H,19,21). The van der Waals surface area contributed by atoms with Gasteiger partial charge in [0.05, 0.1) is 11.0 Å². The second-order valence-corrected chi connectivity index (χ2v) is 6.08. The van der Waals surface area contributed by atoms with Crippen molar-refractivity contribution < 1.29 is 9.72 Å². The molecule has 0 aromatic heterocycles. The zero-order valence-corrected chi connectivity index (χ0v) is 13.0. The van der Waals surface area contributed by atoms with Gasteiger partial charge in [-0.25, -0.2) is 0 Å². The van der Waals surface area contributed by atoms with E-state index in [1.807, 2.05) is 12.1 Å². The summed E-state index contributed by atoms with van der Waals surface area (Å²) in [6.07, 6.45) is 2.12. The number of rotatable bonds is 5. The van der Waals surface area contributed by atoms with Crippen molar-refractivity contribution in [2.75, 3.05) is 0 Å². The Hall–Kier alpha value is -2.40. The van der Waals surface area contributed by atoms with Crippen molar-refractivity contribution in [3.8, 4) is 0 Å². The first-order valence-electron chi connectivity index (χ1n) is 7.35. The predicted molar refractivity (Wildman–Crippen MR) is 87.5 cm³/mol. The van der Waals surface area contributed by atoms with Gasteiger partial charge in [-0.05, 0) is 42.5 Å². The molecule has 1 atom stereocenters. The fourth-order valence-corrected chi connectivity index (χ4v) is 2.68. The van der Waals surface area contributed by atoms with Gasteiger partial charge in [-0.2, -0.15) is 0 Å². The molecule has 0 spiro atoms. The monoisotopic (exact) mass is 330 g/mol. The number of carbonyl (C=O) groups excluding carboxylic acids is 1. The van der Waals surface area contributed by atoms with Crippen molar-refractivity contribution in [3.05, 3.63) is 74.8 Å². The third-order valence-electron chi connectivity index (χ3n) is 3.93. The fourth-order valence-electron chi connectivity index (χ4n) is 2.56. The van der Waals surface area contributed by atoms with E-state index in [0.29, 0.717) is 16.5 Å². The van der Waals surface area contributed by atoms with E-state index < -0.39 is 4.92 Å². The van der Waals surface area contributed by atoms with Crippen LogP contribution in [0.15, 0.2) is 48.5 Å². The predicted octanol–water partition coefficient (Wildman–Crippen LogP) is 4.13. The maximum atomic E-state index is 12.4. The van der Waals surface area contributed by atoms with Crippen LogP contribution in [0.3, 0.4) is 0 Å². The topological polar surface area (TPSA) is 72.2 Å². The van der Waals surface area contributed by atoms with Crippen LogP contribution in [0.2, 0.25) is 5.02 Å². The van der Waals surface area contributed by atoms with E-state index in [2.05, 4.69) is 5.32 Å². The van der Waals surface area contributed by atoms with Crippen molar-refractivity contribution in [3.63, 3.8) is 0 Å². The summed E-state index contributed by atoms with van der Waals surface area (Å²) in [7, 11) is 0. The molecule has 1 saturated carbocycles. The summed E-state index contributed by atoms with van der Waals surface area (Å²) in [5, 5.41) is 14.5. The van der Waals surface area contributed by atoms with Crippen LogP contribution in [-0.2, 0) is 0 Å². The van der Waals surface area contributed by atoms with Gasteiger partial charge in [-0.3, -0.25) is 14.9 Å². The van der Waals surface area contributed by atoms with Gasteiger partial charge in [0.25, 0.3) is 11.6 Å². The lowest BCUT2D eigenvalue weighted by Gasteiger charge is -2.19. The Kier molecular flexibility index (Phi) is 4.30. The Morgan fingerprint density at radius 2 is 1.91 bits per heavy atom. The average molecular weight is 331 g/mol. The highest BCUT2D eigenvalue weighted by molar-refractivity contribution is 6.30. The van der Waals surface area contributed by atoms with Crippen LogP contribution < -0.4 is 5.32 Å². The molecule has 0 aliphatic heterocycles. The number of non-ortho nitro benzene ring substituents is 1. The van der Waals surface area contributed by atoms with E-state index in [1.165, 1.54) is 18.2 Å². The molecule has 1 fully saturated rings. The largest absolute Gasteiger partial charge is 0.345 e. The molecule has 5 nitrogen and oxygen atoms in total. The molecule has 2 aromatic carbocycles. The fraction of sp³-hybridized carbons (Fsp3) is 0.235. The molecule has 3 rings (SSSR count). The number of halogens is 1. The van der Waals surface area contributed by atoms with Crippen molar-refractivity contribution in [1.29, 1.82) is 0 Å². The van der Waals surface area contributed by atoms with Gasteiger partial charge in [0, 0.05) is 22.7 Å². The number of nitro benzene ring substituents is 1. The van der Waals surface area contributed by atoms with Crippen LogP contribution in [0.4, 0.5) is 5.69 Å². The normalized spacial score (nSPS) is 15.0. The highest BCUT2D eigenvalue weighted by atomic mass is 35.5. The van der Waals surface area contributed by atoms with E-state index in [1.54, 1.807) is 18.2 Å². The zero-order chi connectivity index (χ0) is 16.4. The summed E-state index contributed by atoms with van der Waals surface area (Å²) in [4.78, 5) is 22.8. The molecule has 23 heavy (non-hydrogen) atoms. The van der Waals surface area contributed by atoms with Crippen LogP contribution in [0.1, 0.15) is 34.8 Å². The lowest BCUT2D eigenvalue weighted by molar-refractivity contribution is -0.384. The lowest BCUT2D eigenvalue weighted by Crippen LogP contribution is -2.29. The summed E-state index contributed by atoms with van der Waals surface area (Å²) in [6.45, 7) is 0. The number of benzene rings is 2. The molecule has 0 radical (unpaired) electrons. The lowest BCUT2D eigenvalue weighted by atomic mass is 10.0. The maximum Gasteiger partial charge on any atom is 0.270 e. The van der Waals surface area contributed by atoms with Crippen molar-refractivity contribution >= 4 is 23.2 Å². The maximum absolute atomic E-state index is 12.4. The molecule has 0 saturated heterocycles. The highest BCUT2D eigenvalue weighted by Crippen LogP contribution is 2.41. The van der Waals surface area contributed by atoms with E-state index in [9.17, 15) is 14.9 Å². The van der Waals surface area contributed by atoms with Crippen LogP contribution in [-0.4, -0.2) is 10.8 Å². The molecule has 1 aliphatic carbocycles. The van der Waals surface area contributed by atoms with E-state index in [4.69, 9.17) is 11.6 Å². The molecular weight excluding hydrogens is 316 g/mol. The third-order valence-corrected chi connectivity index (χ3v) is 4.18. The van der Waals surface area contributed by atoms with Crippen LogP contribution >= 0.6 is 11.6 Å². The molecule has 118 valence electrons. The van der Waals surface area contributed by atoms with Gasteiger partial charge < -0.3 is 5.32 Å². The Morgan fingerprint density at radius 3 is 2.52 bits per heavy atom. The second kappa shape index (κ2) is 6.38. The summed E-state index contributed by atoms with van der Waals surface area (Å²) < 4.78 is 0. The smallest absolute Gasteiger partial charge is 0.270 e. The van der Waals surface area contributed by atoms with Gasteiger partial charge in [-0.15, -0.1) is 0 Å². The number of amides is 1.